The molecule has 15 heteroatoms. The molecule has 0 spiro atoms. The zero-order valence-electron chi connectivity index (χ0n) is 21.9. The van der Waals surface area contributed by atoms with Gasteiger partial charge in [-0.25, -0.2) is 4.79 Å². The summed E-state index contributed by atoms with van der Waals surface area (Å²) in [5.74, 6) is -5.24. The fourth-order valence-corrected chi connectivity index (χ4v) is 4.05. The van der Waals surface area contributed by atoms with Gasteiger partial charge in [-0.3, -0.25) is 24.0 Å². The molecule has 1 fully saturated rings. The van der Waals surface area contributed by atoms with Crippen molar-refractivity contribution in [1.82, 2.24) is 20.9 Å². The number of carbonyl (C=O) groups excluding carboxylic acids is 5. The number of carbonyl (C=O) groups is 6. The summed E-state index contributed by atoms with van der Waals surface area (Å²) in [6.07, 6.45) is -0.756. The van der Waals surface area contributed by atoms with Crippen LogP contribution in [0.25, 0.3) is 0 Å². The first-order valence-electron chi connectivity index (χ1n) is 12.5. The topological polar surface area (TPSA) is 254 Å². The third-order valence-corrected chi connectivity index (χ3v) is 6.05. The van der Waals surface area contributed by atoms with Crippen molar-refractivity contribution in [3.8, 4) is 0 Å². The van der Waals surface area contributed by atoms with Crippen molar-refractivity contribution in [2.24, 2.45) is 17.4 Å². The maximum Gasteiger partial charge on any atom is 0.328 e. The van der Waals surface area contributed by atoms with Crippen LogP contribution in [0.5, 0.6) is 0 Å². The first kappa shape index (κ1) is 32.7. The fraction of sp³-hybridized carbons (Fsp3) is 0.739. The summed E-state index contributed by atoms with van der Waals surface area (Å²) >= 11 is 0. The lowest BCUT2D eigenvalue weighted by Gasteiger charge is -2.29. The van der Waals surface area contributed by atoms with Crippen LogP contribution >= 0.6 is 0 Å². The molecular weight excluding hydrogens is 504 g/mol. The van der Waals surface area contributed by atoms with Crippen LogP contribution in [-0.4, -0.2) is 105 Å². The molecule has 6 atom stereocenters. The number of aliphatic hydroxyl groups excluding tert-OH is 2. The van der Waals surface area contributed by atoms with Crippen molar-refractivity contribution >= 4 is 35.5 Å². The number of likely N-dealkylation sites (tertiary alicyclic amines) is 1. The largest absolute Gasteiger partial charge is 0.480 e. The minimum Gasteiger partial charge on any atom is -0.480 e. The summed E-state index contributed by atoms with van der Waals surface area (Å²) in [5, 5.41) is 34.9. The number of carboxylic acid groups (broad SMARTS) is 1. The van der Waals surface area contributed by atoms with Crippen molar-refractivity contribution in [2.75, 3.05) is 13.2 Å². The van der Waals surface area contributed by atoms with Crippen LogP contribution in [0.4, 0.5) is 0 Å². The number of nitrogens with zero attached hydrogens (tertiary/aromatic N) is 1. The highest BCUT2D eigenvalue weighted by molar-refractivity contribution is 5.96. The van der Waals surface area contributed by atoms with Gasteiger partial charge in [0.05, 0.1) is 18.8 Å². The molecule has 38 heavy (non-hydrogen) atoms. The van der Waals surface area contributed by atoms with Crippen molar-refractivity contribution < 1.29 is 44.1 Å². The maximum absolute atomic E-state index is 13.1. The number of rotatable bonds is 15. The van der Waals surface area contributed by atoms with Gasteiger partial charge < -0.3 is 47.6 Å². The molecule has 0 bridgehead atoms. The van der Waals surface area contributed by atoms with E-state index in [0.29, 0.717) is 25.8 Å². The van der Waals surface area contributed by atoms with Crippen molar-refractivity contribution in [2.45, 2.75) is 89.2 Å². The van der Waals surface area contributed by atoms with Gasteiger partial charge in [0.1, 0.15) is 24.2 Å². The van der Waals surface area contributed by atoms with E-state index < -0.39 is 78.4 Å². The smallest absolute Gasteiger partial charge is 0.328 e. The quantitative estimate of drug-likeness (QED) is 0.101. The Bertz CT molecular complexity index is 881. The van der Waals surface area contributed by atoms with Gasteiger partial charge in [-0.2, -0.15) is 0 Å². The van der Waals surface area contributed by atoms with Crippen molar-refractivity contribution in [1.29, 1.82) is 0 Å². The van der Waals surface area contributed by atoms with E-state index in [1.165, 1.54) is 11.8 Å². The van der Waals surface area contributed by atoms with Gasteiger partial charge >= 0.3 is 5.97 Å². The molecule has 1 aliphatic rings. The van der Waals surface area contributed by atoms with Gasteiger partial charge in [0.15, 0.2) is 0 Å². The Morgan fingerprint density at radius 1 is 1.00 bits per heavy atom. The summed E-state index contributed by atoms with van der Waals surface area (Å²) in [4.78, 5) is 75.3. The molecule has 5 amide bonds. The Kier molecular flexibility index (Phi) is 13.1. The Hall–Kier alpha value is -3.30. The van der Waals surface area contributed by atoms with Crippen LogP contribution in [0.1, 0.15) is 52.9 Å². The zero-order chi connectivity index (χ0) is 29.2. The molecule has 15 nitrogen and oxygen atoms in total. The third-order valence-electron chi connectivity index (χ3n) is 6.05. The Morgan fingerprint density at radius 3 is 2.13 bits per heavy atom. The van der Waals surface area contributed by atoms with E-state index in [4.69, 9.17) is 21.7 Å². The second-order valence-corrected chi connectivity index (χ2v) is 9.80. The predicted molar refractivity (Wildman–Crippen MR) is 133 cm³/mol. The first-order valence-corrected chi connectivity index (χ1v) is 12.5. The average Bonchev–Trinajstić information content (AvgIpc) is 3.31. The molecule has 1 rings (SSSR count). The molecule has 0 unspecified atom stereocenters. The van der Waals surface area contributed by atoms with E-state index in [1.807, 2.05) is 19.2 Å². The van der Waals surface area contributed by atoms with Crippen LogP contribution in [0, 0.1) is 5.92 Å². The van der Waals surface area contributed by atoms with Crippen LogP contribution < -0.4 is 27.4 Å². The molecule has 216 valence electrons. The predicted octanol–water partition coefficient (Wildman–Crippen LogP) is -3.47. The van der Waals surface area contributed by atoms with Crippen molar-refractivity contribution in [3.05, 3.63) is 0 Å². The van der Waals surface area contributed by atoms with E-state index in [0.717, 1.165) is 0 Å². The number of nitrogens with one attached hydrogen (secondary N) is 3. The maximum atomic E-state index is 13.1. The Morgan fingerprint density at radius 2 is 1.63 bits per heavy atom. The number of carboxylic acids is 1. The summed E-state index contributed by atoms with van der Waals surface area (Å²) in [7, 11) is 0. The fourth-order valence-electron chi connectivity index (χ4n) is 4.05. The van der Waals surface area contributed by atoms with Crippen molar-refractivity contribution in [3.63, 3.8) is 0 Å². The molecule has 0 aromatic heterocycles. The first-order chi connectivity index (χ1) is 17.7. The molecule has 0 aliphatic carbocycles. The Labute approximate surface area is 220 Å². The van der Waals surface area contributed by atoms with Gasteiger partial charge in [-0.1, -0.05) is 13.8 Å². The molecule has 10 N–H and O–H groups in total. The second kappa shape index (κ2) is 15.2. The molecular formula is C23H40N6O9. The minimum absolute atomic E-state index is 0.160. The summed E-state index contributed by atoms with van der Waals surface area (Å²) < 4.78 is 0. The van der Waals surface area contributed by atoms with E-state index >= 15 is 0 Å². The number of aliphatic hydroxyl groups is 2. The monoisotopic (exact) mass is 544 g/mol. The number of primary amides is 1. The number of hydrogen-bond donors (Lipinski definition) is 8. The van der Waals surface area contributed by atoms with Gasteiger partial charge in [0.25, 0.3) is 0 Å². The minimum atomic E-state index is -1.68. The molecule has 0 saturated carbocycles. The van der Waals surface area contributed by atoms with Crippen LogP contribution in [0.3, 0.4) is 0 Å². The number of amides is 5. The average molecular weight is 545 g/mol. The van der Waals surface area contributed by atoms with E-state index in [2.05, 4.69) is 10.6 Å². The van der Waals surface area contributed by atoms with Crippen LogP contribution in [0.2, 0.25) is 0 Å². The summed E-state index contributed by atoms with van der Waals surface area (Å²) in [5.41, 5.74) is 11.2. The molecule has 0 aromatic rings. The molecule has 1 aliphatic heterocycles. The zero-order valence-corrected chi connectivity index (χ0v) is 21.9. The van der Waals surface area contributed by atoms with Gasteiger partial charge in [0, 0.05) is 13.0 Å². The lowest BCUT2D eigenvalue weighted by atomic mass is 10.0. The molecule has 0 radical (unpaired) electrons. The van der Waals surface area contributed by atoms with E-state index in [-0.39, 0.29) is 18.8 Å². The standard InChI is InChI=1S/C23H40N6O9/c1-11(2)9-13(24)22(36)29-8-4-5-16(29)20(34)26-14(6-7-17(25)32)19(33)28-18(12(3)31)21(35)27-15(10-30)23(37)38/h11-16,18,30-31H,4-10,24H2,1-3H3,(H2,25,32)(H,26,34)(H,27,35)(H,28,33)(H,37,38)/t12-,13+,14+,15+,16+,18+/m1/s1. The second-order valence-electron chi connectivity index (χ2n) is 9.80. The number of nitrogens with two attached hydrogens (primary N) is 2. The highest BCUT2D eigenvalue weighted by Crippen LogP contribution is 2.20. The summed E-state index contributed by atoms with van der Waals surface area (Å²) in [6, 6.07) is -6.40. The van der Waals surface area contributed by atoms with Gasteiger partial charge in [0.2, 0.25) is 29.5 Å². The van der Waals surface area contributed by atoms with E-state index in [1.54, 1.807) is 0 Å². The normalized spacial score (nSPS) is 19.1. The highest BCUT2D eigenvalue weighted by Gasteiger charge is 2.38. The summed E-state index contributed by atoms with van der Waals surface area (Å²) in [6.45, 7) is 4.36. The number of aliphatic carboxylic acids is 1. The molecule has 1 heterocycles. The highest BCUT2D eigenvalue weighted by atomic mass is 16.4. The van der Waals surface area contributed by atoms with Crippen LogP contribution in [-0.2, 0) is 28.8 Å². The lowest BCUT2D eigenvalue weighted by Crippen LogP contribution is -2.60. The third kappa shape index (κ3) is 9.87. The van der Waals surface area contributed by atoms with Gasteiger partial charge in [-0.05, 0) is 38.5 Å². The number of hydrogen-bond acceptors (Lipinski definition) is 9. The molecule has 1 saturated heterocycles. The van der Waals surface area contributed by atoms with Crippen LogP contribution in [0.15, 0.2) is 0 Å². The SMILES string of the molecule is CC(C)C[C@H](N)C(=O)N1CCC[C@H]1C(=O)N[C@@H](CCC(N)=O)C(=O)N[C@H](C(=O)N[C@@H](CO)C(=O)O)[C@@H](C)O. The Balaban J connectivity index is 3.03. The van der Waals surface area contributed by atoms with E-state index in [9.17, 15) is 33.9 Å². The molecule has 0 aromatic carbocycles. The lowest BCUT2D eigenvalue weighted by molar-refractivity contribution is -0.144. The van der Waals surface area contributed by atoms with Gasteiger partial charge in [-0.15, -0.1) is 0 Å².